The van der Waals surface area contributed by atoms with E-state index in [2.05, 4.69) is 5.32 Å². The number of furan rings is 1. The zero-order valence-corrected chi connectivity index (χ0v) is 13.2. The van der Waals surface area contributed by atoms with E-state index < -0.39 is 11.7 Å². The first kappa shape index (κ1) is 17.0. The van der Waals surface area contributed by atoms with Crippen LogP contribution < -0.4 is 11.1 Å². The lowest BCUT2D eigenvalue weighted by molar-refractivity contribution is 0.100. The van der Waals surface area contributed by atoms with E-state index in [4.69, 9.17) is 10.2 Å². The van der Waals surface area contributed by atoms with Crippen molar-refractivity contribution in [1.29, 1.82) is 0 Å². The monoisotopic (exact) mass is 334 g/mol. The predicted octanol–water partition coefficient (Wildman–Crippen LogP) is 3.48. The Labute approximate surface area is 138 Å². The lowest BCUT2D eigenvalue weighted by Crippen LogP contribution is -2.11. The topological polar surface area (TPSA) is 68.3 Å². The van der Waals surface area contributed by atoms with Gasteiger partial charge in [0.05, 0.1) is 5.56 Å². The summed E-state index contributed by atoms with van der Waals surface area (Å²) in [4.78, 5) is 11.4. The Morgan fingerprint density at radius 3 is 2.52 bits per heavy atom. The molecule has 120 valence electrons. The zero-order valence-electron chi connectivity index (χ0n) is 12.4. The Balaban J connectivity index is 0.00000192. The number of halogens is 2. The van der Waals surface area contributed by atoms with E-state index >= 15 is 0 Å². The summed E-state index contributed by atoms with van der Waals surface area (Å²) in [6, 6.07) is 11.9. The summed E-state index contributed by atoms with van der Waals surface area (Å²) >= 11 is 0. The van der Waals surface area contributed by atoms with E-state index in [1.807, 2.05) is 31.3 Å². The van der Waals surface area contributed by atoms with Crippen LogP contribution in [-0.4, -0.2) is 13.0 Å². The molecule has 3 aromatic rings. The van der Waals surface area contributed by atoms with E-state index in [9.17, 15) is 9.18 Å². The molecule has 2 aromatic carbocycles. The first-order chi connectivity index (χ1) is 10.6. The van der Waals surface area contributed by atoms with Gasteiger partial charge in [0.2, 0.25) is 0 Å². The first-order valence-electron chi connectivity index (χ1n) is 6.85. The molecule has 0 saturated carbocycles. The number of hydrogen-bond donors (Lipinski definition) is 2. The third-order valence-corrected chi connectivity index (χ3v) is 3.47. The number of primary amides is 1. The van der Waals surface area contributed by atoms with Gasteiger partial charge in [0, 0.05) is 17.5 Å². The third-order valence-electron chi connectivity index (χ3n) is 3.47. The summed E-state index contributed by atoms with van der Waals surface area (Å²) in [7, 11) is 1.88. The van der Waals surface area contributed by atoms with Crippen molar-refractivity contribution in [2.75, 3.05) is 7.05 Å². The van der Waals surface area contributed by atoms with Crippen LogP contribution in [-0.2, 0) is 6.54 Å². The van der Waals surface area contributed by atoms with Crippen molar-refractivity contribution in [2.24, 2.45) is 5.73 Å². The molecule has 6 heteroatoms. The van der Waals surface area contributed by atoms with Gasteiger partial charge in [-0.05, 0) is 30.8 Å². The van der Waals surface area contributed by atoms with Crippen LogP contribution in [0.1, 0.15) is 15.9 Å². The lowest BCUT2D eigenvalue weighted by atomic mass is 10.1. The molecule has 0 radical (unpaired) electrons. The van der Waals surface area contributed by atoms with Crippen molar-refractivity contribution >= 4 is 29.3 Å². The van der Waals surface area contributed by atoms with Crippen LogP contribution in [0.4, 0.5) is 4.39 Å². The zero-order chi connectivity index (χ0) is 15.7. The number of carbonyl (C=O) groups is 1. The molecule has 3 rings (SSSR count). The van der Waals surface area contributed by atoms with E-state index in [-0.39, 0.29) is 18.0 Å². The van der Waals surface area contributed by atoms with Gasteiger partial charge in [-0.2, -0.15) is 0 Å². The van der Waals surface area contributed by atoms with Gasteiger partial charge in [-0.15, -0.1) is 12.4 Å². The van der Waals surface area contributed by atoms with E-state index in [1.54, 1.807) is 6.07 Å². The highest BCUT2D eigenvalue weighted by molar-refractivity contribution is 6.04. The van der Waals surface area contributed by atoms with Crippen LogP contribution in [0.25, 0.3) is 22.3 Å². The second-order valence-electron chi connectivity index (χ2n) is 5.07. The van der Waals surface area contributed by atoms with Crippen LogP contribution in [0.3, 0.4) is 0 Å². The molecule has 3 N–H and O–H groups in total. The quantitative estimate of drug-likeness (QED) is 0.767. The summed E-state index contributed by atoms with van der Waals surface area (Å²) in [6.07, 6.45) is 0. The third kappa shape index (κ3) is 3.36. The molecule has 0 bridgehead atoms. The van der Waals surface area contributed by atoms with Crippen LogP contribution in [0, 0.1) is 5.82 Å². The molecule has 0 spiro atoms. The summed E-state index contributed by atoms with van der Waals surface area (Å²) in [5.41, 5.74) is 7.63. The average molecular weight is 335 g/mol. The first-order valence-corrected chi connectivity index (χ1v) is 6.85. The minimum atomic E-state index is -0.713. The normalized spacial score (nSPS) is 10.5. The molecule has 1 aromatic heterocycles. The van der Waals surface area contributed by atoms with Crippen LogP contribution in [0.5, 0.6) is 0 Å². The molecule has 1 amide bonds. The highest BCUT2D eigenvalue weighted by atomic mass is 35.5. The molecule has 0 aliphatic carbocycles. The second kappa shape index (κ2) is 6.81. The fourth-order valence-electron chi connectivity index (χ4n) is 2.43. The Hall–Kier alpha value is -2.37. The predicted molar refractivity (Wildman–Crippen MR) is 90.1 cm³/mol. The summed E-state index contributed by atoms with van der Waals surface area (Å²) in [5, 5.41) is 3.59. The summed E-state index contributed by atoms with van der Waals surface area (Å²) < 4.78 is 19.3. The molecule has 4 nitrogen and oxygen atoms in total. The Morgan fingerprint density at radius 1 is 1.22 bits per heavy atom. The molecule has 0 fully saturated rings. The molecule has 0 saturated heterocycles. The number of amides is 1. The number of hydrogen-bond acceptors (Lipinski definition) is 3. The maximum absolute atomic E-state index is 13.6. The molecular weight excluding hydrogens is 319 g/mol. The highest BCUT2D eigenvalue weighted by Crippen LogP contribution is 2.30. The Kier molecular flexibility index (Phi) is 5.03. The van der Waals surface area contributed by atoms with Gasteiger partial charge in [0.15, 0.2) is 0 Å². The number of nitrogens with one attached hydrogen (secondary N) is 1. The SMILES string of the molecule is CNCc1ccc(-c2cc3cc(F)cc(C(N)=O)c3o2)cc1.Cl. The minimum absolute atomic E-state index is 0. The van der Waals surface area contributed by atoms with Gasteiger partial charge in [-0.3, -0.25) is 4.79 Å². The van der Waals surface area contributed by atoms with E-state index in [1.165, 1.54) is 6.07 Å². The number of benzene rings is 2. The van der Waals surface area contributed by atoms with Crippen molar-refractivity contribution in [3.63, 3.8) is 0 Å². The fraction of sp³-hybridized carbons (Fsp3) is 0.118. The number of nitrogens with two attached hydrogens (primary N) is 1. The maximum atomic E-state index is 13.6. The number of rotatable bonds is 4. The largest absolute Gasteiger partial charge is 0.455 e. The van der Waals surface area contributed by atoms with E-state index in [0.717, 1.165) is 23.7 Å². The van der Waals surface area contributed by atoms with Gasteiger partial charge in [-0.1, -0.05) is 24.3 Å². The number of carbonyl (C=O) groups excluding carboxylic acids is 1. The lowest BCUT2D eigenvalue weighted by Gasteiger charge is -2.01. The molecule has 0 aliphatic heterocycles. The van der Waals surface area contributed by atoms with Crippen molar-refractivity contribution < 1.29 is 13.6 Å². The average Bonchev–Trinajstić information content (AvgIpc) is 2.91. The van der Waals surface area contributed by atoms with Gasteiger partial charge in [0.1, 0.15) is 17.2 Å². The van der Waals surface area contributed by atoms with Gasteiger partial charge >= 0.3 is 0 Å². The van der Waals surface area contributed by atoms with E-state index in [0.29, 0.717) is 16.7 Å². The highest BCUT2D eigenvalue weighted by Gasteiger charge is 2.15. The van der Waals surface area contributed by atoms with Crippen LogP contribution in [0.15, 0.2) is 46.9 Å². The molecule has 0 aliphatic rings. The molecule has 23 heavy (non-hydrogen) atoms. The van der Waals surface area contributed by atoms with Crippen LogP contribution >= 0.6 is 12.4 Å². The van der Waals surface area contributed by atoms with Gasteiger partial charge in [0.25, 0.3) is 5.91 Å². The fourth-order valence-corrected chi connectivity index (χ4v) is 2.43. The molecule has 0 unspecified atom stereocenters. The van der Waals surface area contributed by atoms with Crippen LogP contribution in [0.2, 0.25) is 0 Å². The van der Waals surface area contributed by atoms with Gasteiger partial charge in [-0.25, -0.2) is 4.39 Å². The second-order valence-corrected chi connectivity index (χ2v) is 5.07. The van der Waals surface area contributed by atoms with Crippen molar-refractivity contribution in [2.45, 2.75) is 6.54 Å². The van der Waals surface area contributed by atoms with Crippen molar-refractivity contribution in [3.8, 4) is 11.3 Å². The maximum Gasteiger partial charge on any atom is 0.252 e. The minimum Gasteiger partial charge on any atom is -0.455 e. The Morgan fingerprint density at radius 2 is 1.91 bits per heavy atom. The summed E-state index contributed by atoms with van der Waals surface area (Å²) in [5.74, 6) is -0.660. The smallest absolute Gasteiger partial charge is 0.252 e. The summed E-state index contributed by atoms with van der Waals surface area (Å²) in [6.45, 7) is 0.775. The standard InChI is InChI=1S/C17H15FN2O2.ClH/c1-20-9-10-2-4-11(5-3-10)15-7-12-6-13(18)8-14(17(19)21)16(12)22-15;/h2-8,20H,9H2,1H3,(H2,19,21);1H. The molecule has 0 atom stereocenters. The van der Waals surface area contributed by atoms with Gasteiger partial charge < -0.3 is 15.5 Å². The number of fused-ring (bicyclic) bond motifs is 1. The molecular formula is C17H16ClFN2O2. The van der Waals surface area contributed by atoms with Crippen molar-refractivity contribution in [3.05, 3.63) is 59.4 Å². The Bertz CT molecular complexity index is 844. The molecule has 1 heterocycles. The van der Waals surface area contributed by atoms with Crippen molar-refractivity contribution in [1.82, 2.24) is 5.32 Å².